The summed E-state index contributed by atoms with van der Waals surface area (Å²) in [6.45, 7) is 4.28. The molecule has 0 aliphatic rings. The van der Waals surface area contributed by atoms with E-state index in [1.807, 2.05) is 32.0 Å². The highest BCUT2D eigenvalue weighted by Crippen LogP contribution is 2.31. The first kappa shape index (κ1) is 26.5. The van der Waals surface area contributed by atoms with Crippen LogP contribution in [0.4, 0.5) is 10.5 Å². The van der Waals surface area contributed by atoms with Gasteiger partial charge in [0, 0.05) is 12.6 Å². The molecule has 38 heavy (non-hydrogen) atoms. The Morgan fingerprint density at radius 2 is 1.68 bits per heavy atom. The topological polar surface area (TPSA) is 94.9 Å². The van der Waals surface area contributed by atoms with Crippen molar-refractivity contribution in [2.45, 2.75) is 26.3 Å². The van der Waals surface area contributed by atoms with Crippen LogP contribution in [-0.2, 0) is 0 Å². The molecule has 198 valence electrons. The van der Waals surface area contributed by atoms with E-state index in [1.54, 1.807) is 67.7 Å². The van der Waals surface area contributed by atoms with Crippen molar-refractivity contribution in [3.05, 3.63) is 82.9 Å². The highest BCUT2D eigenvalue weighted by atomic mass is 16.5. The van der Waals surface area contributed by atoms with Gasteiger partial charge in [-0.1, -0.05) is 31.2 Å². The zero-order valence-corrected chi connectivity index (χ0v) is 22.2. The second-order valence-electron chi connectivity index (χ2n) is 8.67. The van der Waals surface area contributed by atoms with Gasteiger partial charge in [-0.05, 0) is 49.7 Å². The maximum atomic E-state index is 13.8. The van der Waals surface area contributed by atoms with E-state index in [1.165, 1.54) is 11.7 Å². The van der Waals surface area contributed by atoms with Gasteiger partial charge in [0.25, 0.3) is 5.56 Å². The van der Waals surface area contributed by atoms with Crippen molar-refractivity contribution >= 4 is 22.6 Å². The van der Waals surface area contributed by atoms with E-state index in [9.17, 15) is 9.59 Å². The summed E-state index contributed by atoms with van der Waals surface area (Å²) in [7, 11) is 4.65. The molecule has 1 unspecified atom stereocenters. The van der Waals surface area contributed by atoms with Crippen molar-refractivity contribution < 1.29 is 19.0 Å². The lowest BCUT2D eigenvalue weighted by Gasteiger charge is -2.30. The Labute approximate surface area is 221 Å². The van der Waals surface area contributed by atoms with Crippen LogP contribution in [0.1, 0.15) is 32.1 Å². The molecule has 0 saturated carbocycles. The summed E-state index contributed by atoms with van der Waals surface area (Å²) >= 11 is 0. The lowest BCUT2D eigenvalue weighted by Crippen LogP contribution is -2.40. The van der Waals surface area contributed by atoms with Gasteiger partial charge in [0.05, 0.1) is 49.6 Å². The lowest BCUT2D eigenvalue weighted by molar-refractivity contribution is 0.189. The monoisotopic (exact) mass is 516 g/mol. The molecule has 0 saturated heterocycles. The zero-order valence-electron chi connectivity index (χ0n) is 22.2. The van der Waals surface area contributed by atoms with Gasteiger partial charge in [0.15, 0.2) is 0 Å². The summed E-state index contributed by atoms with van der Waals surface area (Å²) in [5.74, 6) is 2.02. The number of aromatic nitrogens is 2. The molecule has 0 aliphatic carbocycles. The van der Waals surface area contributed by atoms with E-state index in [2.05, 4.69) is 5.32 Å². The number of hydrogen-bond donors (Lipinski definition) is 1. The van der Waals surface area contributed by atoms with Crippen LogP contribution in [0.5, 0.6) is 17.2 Å². The van der Waals surface area contributed by atoms with E-state index < -0.39 is 6.04 Å². The third-order valence-corrected chi connectivity index (χ3v) is 6.34. The van der Waals surface area contributed by atoms with Crippen LogP contribution in [-0.4, -0.2) is 48.4 Å². The van der Waals surface area contributed by atoms with E-state index in [0.717, 1.165) is 0 Å². The molecule has 9 heteroatoms. The largest absolute Gasteiger partial charge is 0.497 e. The fourth-order valence-electron chi connectivity index (χ4n) is 4.42. The number of hydrogen-bond acceptors (Lipinski definition) is 6. The number of anilines is 1. The molecule has 1 heterocycles. The van der Waals surface area contributed by atoms with Gasteiger partial charge < -0.3 is 24.4 Å². The van der Waals surface area contributed by atoms with Crippen molar-refractivity contribution in [1.82, 2.24) is 14.5 Å². The number of benzene rings is 3. The van der Waals surface area contributed by atoms with Crippen LogP contribution in [0.3, 0.4) is 0 Å². The third-order valence-electron chi connectivity index (χ3n) is 6.34. The maximum Gasteiger partial charge on any atom is 0.322 e. The first-order valence-electron chi connectivity index (χ1n) is 12.4. The number of nitrogens with one attached hydrogen (secondary N) is 1. The van der Waals surface area contributed by atoms with Crippen LogP contribution >= 0.6 is 0 Å². The third kappa shape index (κ3) is 5.13. The van der Waals surface area contributed by atoms with Crippen LogP contribution in [0.15, 0.2) is 71.5 Å². The minimum atomic E-state index is -0.568. The molecule has 4 aromatic rings. The summed E-state index contributed by atoms with van der Waals surface area (Å²) in [6, 6.07) is 18.7. The molecular weight excluding hydrogens is 484 g/mol. The van der Waals surface area contributed by atoms with Gasteiger partial charge in [-0.15, -0.1) is 0 Å². The fourth-order valence-corrected chi connectivity index (χ4v) is 4.42. The smallest absolute Gasteiger partial charge is 0.322 e. The van der Waals surface area contributed by atoms with Gasteiger partial charge in [0.1, 0.15) is 23.1 Å². The Kier molecular flexibility index (Phi) is 8.15. The van der Waals surface area contributed by atoms with E-state index in [-0.39, 0.29) is 11.6 Å². The molecule has 0 radical (unpaired) electrons. The molecule has 1 aromatic heterocycles. The van der Waals surface area contributed by atoms with Crippen LogP contribution < -0.4 is 25.1 Å². The molecular formula is C29H32N4O5. The fraction of sp³-hybridized carbons (Fsp3) is 0.276. The van der Waals surface area contributed by atoms with Crippen LogP contribution in [0.25, 0.3) is 16.6 Å². The van der Waals surface area contributed by atoms with Gasteiger partial charge in [-0.3, -0.25) is 9.36 Å². The van der Waals surface area contributed by atoms with Gasteiger partial charge in [0.2, 0.25) is 0 Å². The average Bonchev–Trinajstić information content (AvgIpc) is 2.95. The standard InChI is InChI=1S/C29H32N4O5/c1-6-17-32(29(35)31-23-16-15-20(36-3)18-26(23)38-5)19(2)27-30-22-12-8-7-11-21(22)28(34)33(27)24-13-9-10-14-25(24)37-4/h7-16,18-19H,6,17H2,1-5H3,(H,31,35). The highest BCUT2D eigenvalue weighted by Gasteiger charge is 2.28. The lowest BCUT2D eigenvalue weighted by atomic mass is 10.1. The minimum Gasteiger partial charge on any atom is -0.497 e. The molecule has 3 aromatic carbocycles. The Hall–Kier alpha value is -4.53. The van der Waals surface area contributed by atoms with E-state index >= 15 is 0 Å². The van der Waals surface area contributed by atoms with Crippen molar-refractivity contribution in [1.29, 1.82) is 0 Å². The molecule has 1 N–H and O–H groups in total. The number of methoxy groups -OCH3 is 3. The first-order chi connectivity index (χ1) is 18.4. The first-order valence-corrected chi connectivity index (χ1v) is 12.4. The number of urea groups is 1. The molecule has 4 rings (SSSR count). The van der Waals surface area contributed by atoms with Crippen LogP contribution in [0, 0.1) is 0 Å². The van der Waals surface area contributed by atoms with Crippen molar-refractivity contribution in [3.8, 4) is 22.9 Å². The summed E-state index contributed by atoms with van der Waals surface area (Å²) in [6.07, 6.45) is 0.698. The second-order valence-corrected chi connectivity index (χ2v) is 8.67. The van der Waals surface area contributed by atoms with Crippen molar-refractivity contribution in [2.24, 2.45) is 0 Å². The van der Waals surface area contributed by atoms with E-state index in [4.69, 9.17) is 19.2 Å². The van der Waals surface area contributed by atoms with Crippen molar-refractivity contribution in [2.75, 3.05) is 33.2 Å². The number of carbonyl (C=O) groups excluding carboxylic acids is 1. The quantitative estimate of drug-likeness (QED) is 0.319. The van der Waals surface area contributed by atoms with Crippen LogP contribution in [0.2, 0.25) is 0 Å². The van der Waals surface area contributed by atoms with Crippen molar-refractivity contribution in [3.63, 3.8) is 0 Å². The van der Waals surface area contributed by atoms with Gasteiger partial charge in [-0.25, -0.2) is 9.78 Å². The predicted octanol–water partition coefficient (Wildman–Crippen LogP) is 5.42. The summed E-state index contributed by atoms with van der Waals surface area (Å²) in [5.41, 5.74) is 1.36. The molecule has 1 atom stereocenters. The molecule has 0 aliphatic heterocycles. The Morgan fingerprint density at radius 3 is 2.39 bits per heavy atom. The molecule has 2 amide bonds. The van der Waals surface area contributed by atoms with Gasteiger partial charge in [-0.2, -0.15) is 0 Å². The Balaban J connectivity index is 1.83. The number of ether oxygens (including phenoxy) is 3. The number of fused-ring (bicyclic) bond motifs is 1. The van der Waals surface area contributed by atoms with Gasteiger partial charge >= 0.3 is 6.03 Å². The maximum absolute atomic E-state index is 13.8. The SMILES string of the molecule is CCCN(C(=O)Nc1ccc(OC)cc1OC)C(C)c1nc2ccccc2c(=O)n1-c1ccccc1OC. The highest BCUT2D eigenvalue weighted by molar-refractivity contribution is 5.91. The molecule has 0 bridgehead atoms. The Bertz CT molecular complexity index is 1500. The summed E-state index contributed by atoms with van der Waals surface area (Å²) in [4.78, 5) is 34.0. The molecule has 9 nitrogen and oxygen atoms in total. The Morgan fingerprint density at radius 1 is 0.974 bits per heavy atom. The number of para-hydroxylation sites is 3. The summed E-state index contributed by atoms with van der Waals surface area (Å²) in [5, 5.41) is 3.42. The molecule has 0 spiro atoms. The zero-order chi connectivity index (χ0) is 27.2. The molecule has 0 fully saturated rings. The number of amides is 2. The number of rotatable bonds is 9. The average molecular weight is 517 g/mol. The number of carbonyl (C=O) groups is 1. The normalized spacial score (nSPS) is 11.6. The predicted molar refractivity (Wildman–Crippen MR) is 148 cm³/mol. The summed E-state index contributed by atoms with van der Waals surface area (Å²) < 4.78 is 17.8. The van der Waals surface area contributed by atoms with E-state index in [0.29, 0.717) is 58.3 Å². The second kappa shape index (κ2) is 11.7. The number of nitrogens with zero attached hydrogens (tertiary/aromatic N) is 3. The minimum absolute atomic E-state index is 0.240.